The highest BCUT2D eigenvalue weighted by Gasteiger charge is 2.34. The highest BCUT2D eigenvalue weighted by Crippen LogP contribution is 2.30. The van der Waals surface area contributed by atoms with Crippen molar-refractivity contribution in [1.82, 2.24) is 9.80 Å². The quantitative estimate of drug-likeness (QED) is 0.872. The molecule has 3 rings (SSSR count). The van der Waals surface area contributed by atoms with E-state index in [0.29, 0.717) is 5.92 Å². The summed E-state index contributed by atoms with van der Waals surface area (Å²) in [6, 6.07) is 11.1. The molecule has 1 amide bonds. The lowest BCUT2D eigenvalue weighted by molar-refractivity contribution is -0.131. The number of benzene rings is 1. The molecule has 1 saturated heterocycles. The van der Waals surface area contributed by atoms with Gasteiger partial charge in [-0.05, 0) is 37.7 Å². The van der Waals surface area contributed by atoms with Gasteiger partial charge in [0, 0.05) is 32.2 Å². The Labute approximate surface area is 133 Å². The van der Waals surface area contributed by atoms with E-state index in [1.54, 1.807) is 6.92 Å². The van der Waals surface area contributed by atoms with E-state index in [-0.39, 0.29) is 11.9 Å². The fourth-order valence-corrected chi connectivity index (χ4v) is 3.40. The molecule has 1 aliphatic carbocycles. The number of amides is 1. The zero-order valence-electron chi connectivity index (χ0n) is 13.4. The fourth-order valence-electron chi connectivity index (χ4n) is 3.40. The number of hydrogen-bond acceptors (Lipinski definition) is 3. The van der Waals surface area contributed by atoms with Crippen molar-refractivity contribution in [3.8, 4) is 0 Å². The molecule has 2 fully saturated rings. The van der Waals surface area contributed by atoms with Crippen LogP contribution in [0.1, 0.15) is 31.7 Å². The molecule has 2 aliphatic rings. The third kappa shape index (κ3) is 3.87. The van der Waals surface area contributed by atoms with E-state index in [1.807, 2.05) is 4.90 Å². The van der Waals surface area contributed by atoms with Gasteiger partial charge in [0.2, 0.25) is 5.91 Å². The second-order valence-electron chi connectivity index (χ2n) is 6.87. The number of carbonyl (C=O) groups is 1. The molecule has 0 radical (unpaired) electrons. The second kappa shape index (κ2) is 6.80. The fraction of sp³-hybridized carbons (Fsp3) is 0.611. The zero-order chi connectivity index (χ0) is 15.5. The van der Waals surface area contributed by atoms with Gasteiger partial charge in [-0.2, -0.15) is 0 Å². The molecule has 0 spiro atoms. The summed E-state index contributed by atoms with van der Waals surface area (Å²) in [5.41, 5.74) is 7.11. The van der Waals surface area contributed by atoms with Crippen LogP contribution < -0.4 is 5.73 Å². The first kappa shape index (κ1) is 15.5. The minimum atomic E-state index is -0.373. The van der Waals surface area contributed by atoms with Crippen LogP contribution >= 0.6 is 0 Å². The van der Waals surface area contributed by atoms with E-state index in [4.69, 9.17) is 5.73 Å². The second-order valence-corrected chi connectivity index (χ2v) is 6.87. The first-order valence-electron chi connectivity index (χ1n) is 8.46. The molecule has 0 aromatic heterocycles. The van der Waals surface area contributed by atoms with E-state index in [2.05, 4.69) is 35.2 Å². The molecule has 4 nitrogen and oxygen atoms in total. The van der Waals surface area contributed by atoms with Gasteiger partial charge < -0.3 is 10.6 Å². The van der Waals surface area contributed by atoms with Gasteiger partial charge >= 0.3 is 0 Å². The van der Waals surface area contributed by atoms with E-state index in [1.165, 1.54) is 18.4 Å². The minimum Gasteiger partial charge on any atom is -0.341 e. The molecule has 1 aromatic carbocycles. The summed E-state index contributed by atoms with van der Waals surface area (Å²) in [6.45, 7) is 5.65. The lowest BCUT2D eigenvalue weighted by Gasteiger charge is -2.26. The van der Waals surface area contributed by atoms with Gasteiger partial charge in [0.1, 0.15) is 0 Å². The molecular formula is C18H27N3O. The van der Waals surface area contributed by atoms with Crippen molar-refractivity contribution >= 4 is 5.91 Å². The van der Waals surface area contributed by atoms with Crippen molar-refractivity contribution in [2.45, 2.75) is 44.8 Å². The standard InChI is InChI=1S/C18H27N3O/c1-14(19)18(22)20-10-9-16(12-20)13-21(17-7-8-17)11-15-5-3-2-4-6-15/h2-6,14,16-17H,7-13,19H2,1H3. The minimum absolute atomic E-state index is 0.100. The van der Waals surface area contributed by atoms with Crippen molar-refractivity contribution in [2.75, 3.05) is 19.6 Å². The summed E-state index contributed by atoms with van der Waals surface area (Å²) in [6.07, 6.45) is 3.75. The molecule has 2 N–H and O–H groups in total. The first-order valence-corrected chi connectivity index (χ1v) is 8.46. The third-order valence-corrected chi connectivity index (χ3v) is 4.77. The van der Waals surface area contributed by atoms with Gasteiger partial charge in [-0.1, -0.05) is 30.3 Å². The van der Waals surface area contributed by atoms with Crippen LogP contribution in [0.15, 0.2) is 30.3 Å². The Morgan fingerprint density at radius 1 is 1.32 bits per heavy atom. The van der Waals surface area contributed by atoms with Crippen molar-refractivity contribution in [2.24, 2.45) is 11.7 Å². The highest BCUT2D eigenvalue weighted by atomic mass is 16.2. The van der Waals surface area contributed by atoms with E-state index < -0.39 is 0 Å². The van der Waals surface area contributed by atoms with Crippen LogP contribution in [0.5, 0.6) is 0 Å². The average molecular weight is 301 g/mol. The molecule has 4 heteroatoms. The van der Waals surface area contributed by atoms with Crippen LogP contribution in [0.2, 0.25) is 0 Å². The summed E-state index contributed by atoms with van der Waals surface area (Å²) in [7, 11) is 0. The summed E-state index contributed by atoms with van der Waals surface area (Å²) >= 11 is 0. The van der Waals surface area contributed by atoms with Crippen LogP contribution in [0.25, 0.3) is 0 Å². The van der Waals surface area contributed by atoms with Gasteiger partial charge in [-0.15, -0.1) is 0 Å². The molecule has 1 aromatic rings. The number of carbonyl (C=O) groups excluding carboxylic acids is 1. The van der Waals surface area contributed by atoms with Gasteiger partial charge in [0.05, 0.1) is 6.04 Å². The van der Waals surface area contributed by atoms with Gasteiger partial charge in [-0.3, -0.25) is 9.69 Å². The normalized spacial score (nSPS) is 23.0. The molecule has 1 aliphatic heterocycles. The van der Waals surface area contributed by atoms with Gasteiger partial charge in [-0.25, -0.2) is 0 Å². The number of nitrogens with two attached hydrogens (primary N) is 1. The van der Waals surface area contributed by atoms with Crippen LogP contribution in [0, 0.1) is 5.92 Å². The third-order valence-electron chi connectivity index (χ3n) is 4.77. The molecule has 2 unspecified atom stereocenters. The number of hydrogen-bond donors (Lipinski definition) is 1. The predicted molar refractivity (Wildman–Crippen MR) is 88.2 cm³/mol. The van der Waals surface area contributed by atoms with Crippen molar-refractivity contribution in [3.05, 3.63) is 35.9 Å². The monoisotopic (exact) mass is 301 g/mol. The zero-order valence-corrected chi connectivity index (χ0v) is 13.4. The summed E-state index contributed by atoms with van der Waals surface area (Å²) in [5, 5.41) is 0. The molecule has 120 valence electrons. The molecule has 22 heavy (non-hydrogen) atoms. The maximum atomic E-state index is 12.0. The predicted octanol–water partition coefficient (Wildman–Crippen LogP) is 1.85. The molecular weight excluding hydrogens is 274 g/mol. The van der Waals surface area contributed by atoms with Crippen molar-refractivity contribution in [1.29, 1.82) is 0 Å². The Balaban J connectivity index is 1.55. The molecule has 1 heterocycles. The van der Waals surface area contributed by atoms with Gasteiger partial charge in [0.25, 0.3) is 0 Å². The van der Waals surface area contributed by atoms with E-state index >= 15 is 0 Å². The SMILES string of the molecule is CC(N)C(=O)N1CCC(CN(Cc2ccccc2)C2CC2)C1. The molecule has 1 saturated carbocycles. The summed E-state index contributed by atoms with van der Waals surface area (Å²) in [4.78, 5) is 16.6. The molecule has 0 bridgehead atoms. The highest BCUT2D eigenvalue weighted by molar-refractivity contribution is 5.81. The maximum absolute atomic E-state index is 12.0. The van der Waals surface area contributed by atoms with E-state index in [0.717, 1.165) is 38.6 Å². The Hall–Kier alpha value is -1.39. The van der Waals surface area contributed by atoms with Crippen molar-refractivity contribution < 1.29 is 4.79 Å². The average Bonchev–Trinajstić information content (AvgIpc) is 3.27. The van der Waals surface area contributed by atoms with Crippen LogP contribution in [-0.2, 0) is 11.3 Å². The van der Waals surface area contributed by atoms with Crippen LogP contribution in [0.3, 0.4) is 0 Å². The first-order chi connectivity index (χ1) is 10.6. The number of rotatable bonds is 6. The summed E-state index contributed by atoms with van der Waals surface area (Å²) < 4.78 is 0. The smallest absolute Gasteiger partial charge is 0.239 e. The lowest BCUT2D eigenvalue weighted by Crippen LogP contribution is -2.41. The van der Waals surface area contributed by atoms with Crippen LogP contribution in [0.4, 0.5) is 0 Å². The van der Waals surface area contributed by atoms with Crippen molar-refractivity contribution in [3.63, 3.8) is 0 Å². The van der Waals surface area contributed by atoms with Gasteiger partial charge in [0.15, 0.2) is 0 Å². The topological polar surface area (TPSA) is 49.6 Å². The van der Waals surface area contributed by atoms with E-state index in [9.17, 15) is 4.79 Å². The van der Waals surface area contributed by atoms with Crippen LogP contribution in [-0.4, -0.2) is 47.4 Å². The molecule has 2 atom stereocenters. The summed E-state index contributed by atoms with van der Waals surface area (Å²) in [5.74, 6) is 0.690. The Bertz CT molecular complexity index is 498. The Kier molecular flexibility index (Phi) is 4.79. The largest absolute Gasteiger partial charge is 0.341 e. The maximum Gasteiger partial charge on any atom is 0.239 e. The lowest BCUT2D eigenvalue weighted by atomic mass is 10.1. The number of nitrogens with zero attached hydrogens (tertiary/aromatic N) is 2. The Morgan fingerprint density at radius 2 is 2.05 bits per heavy atom. The Morgan fingerprint density at radius 3 is 2.68 bits per heavy atom. The number of likely N-dealkylation sites (tertiary alicyclic amines) is 1.